The Bertz CT molecular complexity index is 310. The maximum atomic E-state index is 12.0. The molecule has 1 unspecified atom stereocenters. The van der Waals surface area contributed by atoms with Gasteiger partial charge in [0.1, 0.15) is 0 Å². The molecule has 0 radical (unpaired) electrons. The van der Waals surface area contributed by atoms with Crippen LogP contribution in [-0.2, 0) is 9.59 Å². The van der Waals surface area contributed by atoms with Gasteiger partial charge in [-0.2, -0.15) is 0 Å². The van der Waals surface area contributed by atoms with E-state index in [0.29, 0.717) is 19.5 Å². The van der Waals surface area contributed by atoms with Gasteiger partial charge in [0.25, 0.3) is 0 Å². The highest BCUT2D eigenvalue weighted by molar-refractivity contribution is 5.80. The van der Waals surface area contributed by atoms with E-state index in [4.69, 9.17) is 5.73 Å². The van der Waals surface area contributed by atoms with Crippen molar-refractivity contribution in [3.63, 3.8) is 0 Å². The maximum absolute atomic E-state index is 12.0. The fourth-order valence-electron chi connectivity index (χ4n) is 2.57. The number of piperidine rings is 1. The smallest absolute Gasteiger partial charge is 0.225 e. The van der Waals surface area contributed by atoms with Gasteiger partial charge in [0.15, 0.2) is 0 Å². The van der Waals surface area contributed by atoms with Gasteiger partial charge >= 0.3 is 0 Å². The Kier molecular flexibility index (Phi) is 6.28. The molecule has 0 saturated carbocycles. The summed E-state index contributed by atoms with van der Waals surface area (Å²) in [4.78, 5) is 27.4. The molecule has 0 aromatic rings. The number of hydrogen-bond acceptors (Lipinski definition) is 3. The second kappa shape index (κ2) is 7.48. The molecule has 2 amide bonds. The van der Waals surface area contributed by atoms with Crippen molar-refractivity contribution < 1.29 is 9.59 Å². The van der Waals surface area contributed by atoms with Gasteiger partial charge in [-0.1, -0.05) is 13.3 Å². The van der Waals surface area contributed by atoms with E-state index in [2.05, 4.69) is 6.92 Å². The van der Waals surface area contributed by atoms with E-state index in [9.17, 15) is 9.59 Å². The van der Waals surface area contributed by atoms with Crippen LogP contribution in [-0.4, -0.2) is 54.8 Å². The average Bonchev–Trinajstić information content (AvgIpc) is 2.38. The second-order valence-corrected chi connectivity index (χ2v) is 5.64. The summed E-state index contributed by atoms with van der Waals surface area (Å²) < 4.78 is 0. The van der Waals surface area contributed by atoms with Gasteiger partial charge in [0, 0.05) is 45.6 Å². The van der Waals surface area contributed by atoms with Crippen molar-refractivity contribution in [2.75, 3.05) is 27.2 Å². The van der Waals surface area contributed by atoms with Crippen LogP contribution in [0.4, 0.5) is 0 Å². The summed E-state index contributed by atoms with van der Waals surface area (Å²) in [6.07, 6.45) is 3.87. The number of carbonyl (C=O) groups excluding carboxylic acids is 2. The van der Waals surface area contributed by atoms with Crippen molar-refractivity contribution in [1.82, 2.24) is 9.80 Å². The van der Waals surface area contributed by atoms with E-state index in [-0.39, 0.29) is 23.8 Å². The molecule has 0 bridgehead atoms. The largest absolute Gasteiger partial charge is 0.349 e. The summed E-state index contributed by atoms with van der Waals surface area (Å²) >= 11 is 0. The quantitative estimate of drug-likeness (QED) is 0.804. The number of likely N-dealkylation sites (tertiary alicyclic amines) is 1. The fourth-order valence-corrected chi connectivity index (χ4v) is 2.57. The minimum Gasteiger partial charge on any atom is -0.349 e. The first kappa shape index (κ1) is 16.0. The van der Waals surface area contributed by atoms with E-state index < -0.39 is 0 Å². The standard InChI is InChI=1S/C14H27N3O2/c1-4-5-12(15)10-13(18)17-8-6-11(7-9-17)14(19)16(2)3/h11-12H,4-10,15H2,1-3H3. The summed E-state index contributed by atoms with van der Waals surface area (Å²) in [5, 5.41) is 0. The van der Waals surface area contributed by atoms with Gasteiger partial charge in [-0.15, -0.1) is 0 Å². The van der Waals surface area contributed by atoms with Crippen molar-refractivity contribution in [2.45, 2.75) is 45.1 Å². The maximum Gasteiger partial charge on any atom is 0.225 e. The Morgan fingerprint density at radius 3 is 2.37 bits per heavy atom. The summed E-state index contributed by atoms with van der Waals surface area (Å²) in [5.41, 5.74) is 5.90. The van der Waals surface area contributed by atoms with Crippen LogP contribution in [0.3, 0.4) is 0 Å². The highest BCUT2D eigenvalue weighted by atomic mass is 16.2. The minimum absolute atomic E-state index is 0.0290. The highest BCUT2D eigenvalue weighted by Gasteiger charge is 2.28. The molecular formula is C14H27N3O2. The number of rotatable bonds is 5. The molecule has 0 spiro atoms. The van der Waals surface area contributed by atoms with Crippen LogP contribution in [0, 0.1) is 5.92 Å². The predicted octanol–water partition coefficient (Wildman–Crippen LogP) is 0.831. The molecule has 1 saturated heterocycles. The summed E-state index contributed by atoms with van der Waals surface area (Å²) in [7, 11) is 3.56. The average molecular weight is 269 g/mol. The molecular weight excluding hydrogens is 242 g/mol. The lowest BCUT2D eigenvalue weighted by molar-refractivity contribution is -0.139. The molecule has 0 aromatic heterocycles. The fraction of sp³-hybridized carbons (Fsp3) is 0.857. The van der Waals surface area contributed by atoms with Crippen LogP contribution in [0.2, 0.25) is 0 Å². The molecule has 1 fully saturated rings. The minimum atomic E-state index is -0.0290. The molecule has 5 heteroatoms. The number of carbonyl (C=O) groups is 2. The number of amides is 2. The molecule has 5 nitrogen and oxygen atoms in total. The van der Waals surface area contributed by atoms with Crippen molar-refractivity contribution in [3.05, 3.63) is 0 Å². The van der Waals surface area contributed by atoms with Crippen LogP contribution in [0.15, 0.2) is 0 Å². The Balaban J connectivity index is 2.37. The molecule has 0 aliphatic carbocycles. The SMILES string of the molecule is CCCC(N)CC(=O)N1CCC(C(=O)N(C)C)CC1. The zero-order valence-corrected chi connectivity index (χ0v) is 12.4. The predicted molar refractivity (Wildman–Crippen MR) is 75.5 cm³/mol. The molecule has 1 heterocycles. The monoisotopic (exact) mass is 269 g/mol. The van der Waals surface area contributed by atoms with Crippen LogP contribution in [0.1, 0.15) is 39.0 Å². The zero-order valence-electron chi connectivity index (χ0n) is 12.4. The zero-order chi connectivity index (χ0) is 14.4. The third kappa shape index (κ3) is 4.82. The highest BCUT2D eigenvalue weighted by Crippen LogP contribution is 2.19. The van der Waals surface area contributed by atoms with Crippen LogP contribution in [0.5, 0.6) is 0 Å². The van der Waals surface area contributed by atoms with Gasteiger partial charge in [0.05, 0.1) is 0 Å². The first-order valence-corrected chi connectivity index (χ1v) is 7.20. The van der Waals surface area contributed by atoms with Gasteiger partial charge < -0.3 is 15.5 Å². The Morgan fingerprint density at radius 1 is 1.32 bits per heavy atom. The first-order chi connectivity index (χ1) is 8.95. The second-order valence-electron chi connectivity index (χ2n) is 5.64. The number of nitrogens with two attached hydrogens (primary N) is 1. The Labute approximate surface area is 116 Å². The lowest BCUT2D eigenvalue weighted by Crippen LogP contribution is -2.44. The molecule has 1 aliphatic heterocycles. The van der Waals surface area contributed by atoms with E-state index in [0.717, 1.165) is 25.7 Å². The lowest BCUT2D eigenvalue weighted by Gasteiger charge is -2.33. The molecule has 19 heavy (non-hydrogen) atoms. The van der Waals surface area contributed by atoms with Crippen molar-refractivity contribution in [1.29, 1.82) is 0 Å². The van der Waals surface area contributed by atoms with E-state index >= 15 is 0 Å². The lowest BCUT2D eigenvalue weighted by atomic mass is 9.95. The van der Waals surface area contributed by atoms with Gasteiger partial charge in [-0.25, -0.2) is 0 Å². The molecule has 1 aliphatic rings. The molecule has 110 valence electrons. The van der Waals surface area contributed by atoms with E-state index in [1.165, 1.54) is 0 Å². The van der Waals surface area contributed by atoms with Crippen molar-refractivity contribution >= 4 is 11.8 Å². The van der Waals surface area contributed by atoms with Crippen LogP contribution < -0.4 is 5.73 Å². The number of hydrogen-bond donors (Lipinski definition) is 1. The molecule has 1 rings (SSSR count). The summed E-state index contributed by atoms with van der Waals surface area (Å²) in [6.45, 7) is 3.44. The van der Waals surface area contributed by atoms with Crippen molar-refractivity contribution in [3.8, 4) is 0 Å². The van der Waals surface area contributed by atoms with E-state index in [1.807, 2.05) is 4.90 Å². The number of nitrogens with zero attached hydrogens (tertiary/aromatic N) is 2. The Morgan fingerprint density at radius 2 is 1.89 bits per heavy atom. The van der Waals surface area contributed by atoms with Crippen molar-refractivity contribution in [2.24, 2.45) is 11.7 Å². The topological polar surface area (TPSA) is 66.6 Å². The third-order valence-corrected chi connectivity index (χ3v) is 3.73. The molecule has 1 atom stereocenters. The Hall–Kier alpha value is -1.10. The van der Waals surface area contributed by atoms with Gasteiger partial charge in [-0.05, 0) is 19.3 Å². The molecule has 2 N–H and O–H groups in total. The normalized spacial score (nSPS) is 18.2. The summed E-state index contributed by atoms with van der Waals surface area (Å²) in [5.74, 6) is 0.384. The van der Waals surface area contributed by atoms with Crippen LogP contribution in [0.25, 0.3) is 0 Å². The van der Waals surface area contributed by atoms with Gasteiger partial charge in [0.2, 0.25) is 11.8 Å². The van der Waals surface area contributed by atoms with Crippen LogP contribution >= 0.6 is 0 Å². The summed E-state index contributed by atoms with van der Waals surface area (Å²) in [6, 6.07) is -0.0290. The van der Waals surface area contributed by atoms with E-state index in [1.54, 1.807) is 19.0 Å². The molecule has 0 aromatic carbocycles. The first-order valence-electron chi connectivity index (χ1n) is 7.20. The van der Waals surface area contributed by atoms with Gasteiger partial charge in [-0.3, -0.25) is 9.59 Å². The third-order valence-electron chi connectivity index (χ3n) is 3.73.